The summed E-state index contributed by atoms with van der Waals surface area (Å²) in [6, 6.07) is 4.97. The maximum atomic E-state index is 13.4. The van der Waals surface area contributed by atoms with E-state index < -0.39 is 0 Å². The minimum absolute atomic E-state index is 0.189. The van der Waals surface area contributed by atoms with Crippen LogP contribution in [-0.4, -0.2) is 25.3 Å². The molecule has 94 valence electrons. The summed E-state index contributed by atoms with van der Waals surface area (Å²) >= 11 is 5.76. The summed E-state index contributed by atoms with van der Waals surface area (Å²) < 4.78 is 19.1. The van der Waals surface area contributed by atoms with Crippen molar-refractivity contribution < 1.29 is 9.13 Å². The molecule has 2 rings (SSSR count). The number of alkyl halides is 1. The molecule has 1 heterocycles. The second-order valence-corrected chi connectivity index (χ2v) is 5.25. The summed E-state index contributed by atoms with van der Waals surface area (Å²) in [6.45, 7) is 6.30. The minimum Gasteiger partial charge on any atom is -0.372 e. The fraction of sp³-hybridized carbons (Fsp3) is 0.538. The smallest absolute Gasteiger partial charge is 0.125 e. The lowest BCUT2D eigenvalue weighted by Gasteiger charge is -2.39. The van der Waals surface area contributed by atoms with E-state index in [1.54, 1.807) is 6.07 Å². The van der Waals surface area contributed by atoms with E-state index >= 15 is 0 Å². The molecule has 4 heteroatoms. The molecule has 0 unspecified atom stereocenters. The number of hydrogen-bond donors (Lipinski definition) is 0. The van der Waals surface area contributed by atoms with Gasteiger partial charge in [0.15, 0.2) is 0 Å². The Morgan fingerprint density at radius 2 is 2.18 bits per heavy atom. The van der Waals surface area contributed by atoms with Gasteiger partial charge < -0.3 is 9.64 Å². The van der Waals surface area contributed by atoms with Crippen LogP contribution in [0.15, 0.2) is 18.2 Å². The molecule has 0 N–H and O–H groups in total. The Morgan fingerprint density at radius 1 is 1.41 bits per heavy atom. The Balaban J connectivity index is 2.24. The Bertz CT molecular complexity index is 408. The van der Waals surface area contributed by atoms with Gasteiger partial charge in [-0.2, -0.15) is 0 Å². The maximum Gasteiger partial charge on any atom is 0.125 e. The van der Waals surface area contributed by atoms with Gasteiger partial charge in [0.2, 0.25) is 0 Å². The van der Waals surface area contributed by atoms with Crippen LogP contribution in [0.25, 0.3) is 0 Å². The van der Waals surface area contributed by atoms with Crippen molar-refractivity contribution in [1.82, 2.24) is 0 Å². The van der Waals surface area contributed by atoms with Crippen LogP contribution in [0.5, 0.6) is 0 Å². The third-order valence-corrected chi connectivity index (χ3v) is 3.20. The number of hydrogen-bond acceptors (Lipinski definition) is 2. The molecule has 0 radical (unpaired) electrons. The van der Waals surface area contributed by atoms with Crippen LogP contribution < -0.4 is 4.90 Å². The molecule has 0 aromatic heterocycles. The third-order valence-electron chi connectivity index (χ3n) is 2.89. The molecule has 2 nitrogen and oxygen atoms in total. The highest BCUT2D eigenvalue weighted by Gasteiger charge is 2.27. The highest BCUT2D eigenvalue weighted by Crippen LogP contribution is 2.25. The molecule has 0 aliphatic carbocycles. The van der Waals surface area contributed by atoms with Crippen LogP contribution in [0, 0.1) is 5.82 Å². The van der Waals surface area contributed by atoms with Gasteiger partial charge in [0.1, 0.15) is 5.82 Å². The van der Waals surface area contributed by atoms with Gasteiger partial charge in [-0.25, -0.2) is 4.39 Å². The SMILES string of the molecule is CC1(C)CN(c2cc(F)cc(CCl)c2)CCO1. The first-order valence-electron chi connectivity index (χ1n) is 5.74. The average Bonchev–Trinajstić information content (AvgIpc) is 2.27. The zero-order valence-electron chi connectivity index (χ0n) is 10.2. The Morgan fingerprint density at radius 3 is 2.82 bits per heavy atom. The summed E-state index contributed by atoms with van der Waals surface area (Å²) in [5.41, 5.74) is 1.51. The second-order valence-electron chi connectivity index (χ2n) is 4.98. The Labute approximate surface area is 106 Å². The van der Waals surface area contributed by atoms with Gasteiger partial charge in [0, 0.05) is 24.7 Å². The van der Waals surface area contributed by atoms with Gasteiger partial charge >= 0.3 is 0 Å². The average molecular weight is 258 g/mol. The molecule has 1 aliphatic rings. The lowest BCUT2D eigenvalue weighted by atomic mass is 10.1. The molecule has 1 aliphatic heterocycles. The molecule has 0 amide bonds. The molecule has 1 aromatic carbocycles. The van der Waals surface area contributed by atoms with Crippen molar-refractivity contribution in [3.05, 3.63) is 29.6 Å². The zero-order chi connectivity index (χ0) is 12.5. The molecule has 0 saturated carbocycles. The highest BCUT2D eigenvalue weighted by molar-refractivity contribution is 6.17. The summed E-state index contributed by atoms with van der Waals surface area (Å²) in [5.74, 6) is 0.0980. The first-order valence-corrected chi connectivity index (χ1v) is 6.28. The monoisotopic (exact) mass is 257 g/mol. The number of nitrogens with zero attached hydrogens (tertiary/aromatic N) is 1. The number of morpholine rings is 1. The van der Waals surface area contributed by atoms with Gasteiger partial charge in [0.25, 0.3) is 0 Å². The number of ether oxygens (including phenoxy) is 1. The van der Waals surface area contributed by atoms with Crippen molar-refractivity contribution in [2.75, 3.05) is 24.6 Å². The molecule has 0 spiro atoms. The quantitative estimate of drug-likeness (QED) is 0.755. The lowest BCUT2D eigenvalue weighted by Crippen LogP contribution is -2.48. The van der Waals surface area contributed by atoms with Crippen molar-refractivity contribution in [2.45, 2.75) is 25.3 Å². The molecule has 1 aromatic rings. The van der Waals surface area contributed by atoms with Crippen molar-refractivity contribution >= 4 is 17.3 Å². The lowest BCUT2D eigenvalue weighted by molar-refractivity contribution is -0.0277. The predicted molar refractivity (Wildman–Crippen MR) is 68.2 cm³/mol. The summed E-state index contributed by atoms with van der Waals surface area (Å²) in [5, 5.41) is 0. The van der Waals surface area contributed by atoms with Gasteiger partial charge in [-0.1, -0.05) is 0 Å². The largest absolute Gasteiger partial charge is 0.372 e. The minimum atomic E-state index is -0.234. The van der Waals surface area contributed by atoms with Crippen LogP contribution >= 0.6 is 11.6 Å². The molecule has 1 fully saturated rings. The number of benzene rings is 1. The summed E-state index contributed by atoms with van der Waals surface area (Å²) in [6.07, 6.45) is 0. The Kier molecular flexibility index (Phi) is 3.59. The maximum absolute atomic E-state index is 13.4. The van der Waals surface area contributed by atoms with E-state index in [4.69, 9.17) is 16.3 Å². The fourth-order valence-electron chi connectivity index (χ4n) is 2.13. The van der Waals surface area contributed by atoms with E-state index in [-0.39, 0.29) is 11.4 Å². The van der Waals surface area contributed by atoms with Crippen molar-refractivity contribution in [2.24, 2.45) is 0 Å². The fourth-order valence-corrected chi connectivity index (χ4v) is 2.28. The second kappa shape index (κ2) is 4.83. The van der Waals surface area contributed by atoms with E-state index in [0.29, 0.717) is 12.5 Å². The normalized spacial score (nSPS) is 19.4. The molecule has 0 atom stereocenters. The first kappa shape index (κ1) is 12.7. The topological polar surface area (TPSA) is 12.5 Å². The molecular formula is C13H17ClFNO. The molecule has 0 bridgehead atoms. The van der Waals surface area contributed by atoms with Gasteiger partial charge in [-0.05, 0) is 37.6 Å². The number of rotatable bonds is 2. The highest BCUT2D eigenvalue weighted by atomic mass is 35.5. The summed E-state index contributed by atoms with van der Waals surface area (Å²) in [4.78, 5) is 2.14. The first-order chi connectivity index (χ1) is 8.00. The van der Waals surface area contributed by atoms with Crippen LogP contribution in [-0.2, 0) is 10.6 Å². The molecule has 17 heavy (non-hydrogen) atoms. The van der Waals surface area contributed by atoms with Gasteiger partial charge in [0.05, 0.1) is 12.2 Å². The predicted octanol–water partition coefficient (Wildman–Crippen LogP) is 3.18. The number of halogens is 2. The van der Waals surface area contributed by atoms with E-state index in [9.17, 15) is 4.39 Å². The van der Waals surface area contributed by atoms with E-state index in [0.717, 1.165) is 24.3 Å². The van der Waals surface area contributed by atoms with Gasteiger partial charge in [-0.15, -0.1) is 11.6 Å². The number of anilines is 1. The van der Waals surface area contributed by atoms with Crippen LogP contribution in [0.3, 0.4) is 0 Å². The van der Waals surface area contributed by atoms with Crippen molar-refractivity contribution in [3.63, 3.8) is 0 Å². The standard InChI is InChI=1S/C13H17ClFNO/c1-13(2)9-16(3-4-17-13)12-6-10(8-14)5-11(15)7-12/h5-7H,3-4,8-9H2,1-2H3. The van der Waals surface area contributed by atoms with Crippen molar-refractivity contribution in [3.8, 4) is 0 Å². The van der Waals surface area contributed by atoms with E-state index in [1.165, 1.54) is 6.07 Å². The van der Waals surface area contributed by atoms with Crippen LogP contribution in [0.1, 0.15) is 19.4 Å². The van der Waals surface area contributed by atoms with Crippen LogP contribution in [0.2, 0.25) is 0 Å². The third kappa shape index (κ3) is 3.11. The molecule has 1 saturated heterocycles. The van der Waals surface area contributed by atoms with E-state index in [2.05, 4.69) is 4.90 Å². The van der Waals surface area contributed by atoms with Crippen LogP contribution in [0.4, 0.5) is 10.1 Å². The summed E-state index contributed by atoms with van der Waals surface area (Å²) in [7, 11) is 0. The van der Waals surface area contributed by atoms with Gasteiger partial charge in [-0.3, -0.25) is 0 Å². The molecular weight excluding hydrogens is 241 g/mol. The van der Waals surface area contributed by atoms with E-state index in [1.807, 2.05) is 19.9 Å². The Hall–Kier alpha value is -0.800. The zero-order valence-corrected chi connectivity index (χ0v) is 10.9. The van der Waals surface area contributed by atoms with Crippen molar-refractivity contribution in [1.29, 1.82) is 0 Å².